The average Bonchev–Trinajstić information content (AvgIpc) is 2.37. The first-order valence-corrected chi connectivity index (χ1v) is 5.77. The lowest BCUT2D eigenvalue weighted by atomic mass is 9.99. The third-order valence-electron chi connectivity index (χ3n) is 2.69. The van der Waals surface area contributed by atoms with E-state index >= 15 is 0 Å². The molecule has 0 saturated carbocycles. The standard InChI is InChI=1S/C14H18O4/c1-9(2)12(15)8-13(16)11-6-5-10(17-3)7-14(11)18-4/h5-7,9H,8H2,1-4H3. The second kappa shape index (κ2) is 6.19. The van der Waals surface area contributed by atoms with Crippen LogP contribution in [0.2, 0.25) is 0 Å². The Morgan fingerprint density at radius 1 is 1.17 bits per heavy atom. The summed E-state index contributed by atoms with van der Waals surface area (Å²) in [5.74, 6) is 0.596. The van der Waals surface area contributed by atoms with Gasteiger partial charge in [0.25, 0.3) is 0 Å². The van der Waals surface area contributed by atoms with E-state index in [-0.39, 0.29) is 23.9 Å². The molecule has 4 heteroatoms. The molecule has 0 aromatic heterocycles. The molecular formula is C14H18O4. The second-order valence-electron chi connectivity index (χ2n) is 4.29. The van der Waals surface area contributed by atoms with E-state index in [1.54, 1.807) is 39.2 Å². The van der Waals surface area contributed by atoms with Crippen molar-refractivity contribution in [2.75, 3.05) is 14.2 Å². The van der Waals surface area contributed by atoms with Crippen LogP contribution in [0.4, 0.5) is 0 Å². The van der Waals surface area contributed by atoms with E-state index < -0.39 is 0 Å². The van der Waals surface area contributed by atoms with Gasteiger partial charge in [0.15, 0.2) is 5.78 Å². The molecule has 0 N–H and O–H groups in total. The van der Waals surface area contributed by atoms with Gasteiger partial charge in [-0.3, -0.25) is 9.59 Å². The number of ketones is 2. The highest BCUT2D eigenvalue weighted by atomic mass is 16.5. The van der Waals surface area contributed by atoms with Gasteiger partial charge in [0.2, 0.25) is 0 Å². The molecule has 0 amide bonds. The van der Waals surface area contributed by atoms with Gasteiger partial charge >= 0.3 is 0 Å². The summed E-state index contributed by atoms with van der Waals surface area (Å²) < 4.78 is 10.2. The van der Waals surface area contributed by atoms with Crippen molar-refractivity contribution in [3.63, 3.8) is 0 Å². The molecule has 0 unspecified atom stereocenters. The number of carbonyl (C=O) groups excluding carboxylic acids is 2. The normalized spacial score (nSPS) is 10.3. The summed E-state index contributed by atoms with van der Waals surface area (Å²) in [6.45, 7) is 3.56. The van der Waals surface area contributed by atoms with Crippen LogP contribution in [0.5, 0.6) is 11.5 Å². The molecule has 0 aliphatic heterocycles. The minimum atomic E-state index is -0.229. The van der Waals surface area contributed by atoms with Crippen molar-refractivity contribution in [2.45, 2.75) is 20.3 Å². The van der Waals surface area contributed by atoms with E-state index in [0.29, 0.717) is 17.1 Å². The van der Waals surface area contributed by atoms with E-state index in [0.717, 1.165) is 0 Å². The minimum absolute atomic E-state index is 0.0714. The number of Topliss-reactive ketones (excluding diaryl/α,β-unsaturated/α-hetero) is 2. The highest BCUT2D eigenvalue weighted by Gasteiger charge is 2.18. The molecule has 4 nitrogen and oxygen atoms in total. The van der Waals surface area contributed by atoms with Gasteiger partial charge in [-0.1, -0.05) is 13.8 Å². The summed E-state index contributed by atoms with van der Waals surface area (Å²) in [4.78, 5) is 23.6. The molecule has 1 aromatic rings. The van der Waals surface area contributed by atoms with Crippen LogP contribution in [0.15, 0.2) is 18.2 Å². The zero-order valence-electron chi connectivity index (χ0n) is 11.1. The van der Waals surface area contributed by atoms with Crippen molar-refractivity contribution in [2.24, 2.45) is 5.92 Å². The van der Waals surface area contributed by atoms with E-state index in [2.05, 4.69) is 0 Å². The largest absolute Gasteiger partial charge is 0.497 e. The zero-order chi connectivity index (χ0) is 13.7. The van der Waals surface area contributed by atoms with Crippen LogP contribution < -0.4 is 9.47 Å². The van der Waals surface area contributed by atoms with Gasteiger partial charge in [-0.2, -0.15) is 0 Å². The topological polar surface area (TPSA) is 52.6 Å². The van der Waals surface area contributed by atoms with Gasteiger partial charge in [0.1, 0.15) is 17.3 Å². The average molecular weight is 250 g/mol. The minimum Gasteiger partial charge on any atom is -0.497 e. The third-order valence-corrected chi connectivity index (χ3v) is 2.69. The van der Waals surface area contributed by atoms with E-state index in [1.165, 1.54) is 7.11 Å². The molecule has 0 saturated heterocycles. The Morgan fingerprint density at radius 3 is 2.33 bits per heavy atom. The van der Waals surface area contributed by atoms with Crippen LogP contribution in [0, 0.1) is 5.92 Å². The molecule has 18 heavy (non-hydrogen) atoms. The smallest absolute Gasteiger partial charge is 0.173 e. The Morgan fingerprint density at radius 2 is 1.83 bits per heavy atom. The first-order chi connectivity index (χ1) is 8.49. The van der Waals surface area contributed by atoms with Crippen molar-refractivity contribution in [1.82, 2.24) is 0 Å². The summed E-state index contributed by atoms with van der Waals surface area (Å²) in [5, 5.41) is 0. The first-order valence-electron chi connectivity index (χ1n) is 5.77. The molecule has 0 aliphatic carbocycles. The fraction of sp³-hybridized carbons (Fsp3) is 0.429. The fourth-order valence-electron chi connectivity index (χ4n) is 1.49. The Kier molecular flexibility index (Phi) is 4.89. The van der Waals surface area contributed by atoms with Crippen molar-refractivity contribution in [3.05, 3.63) is 23.8 Å². The molecule has 0 radical (unpaired) electrons. The summed E-state index contributed by atoms with van der Waals surface area (Å²) in [7, 11) is 3.02. The summed E-state index contributed by atoms with van der Waals surface area (Å²) in [6.07, 6.45) is -0.0969. The van der Waals surface area contributed by atoms with Crippen molar-refractivity contribution < 1.29 is 19.1 Å². The quantitative estimate of drug-likeness (QED) is 0.575. The molecule has 0 atom stereocenters. The van der Waals surface area contributed by atoms with Crippen LogP contribution in [0.25, 0.3) is 0 Å². The number of benzene rings is 1. The molecule has 98 valence electrons. The monoisotopic (exact) mass is 250 g/mol. The molecule has 0 aliphatic rings. The molecule has 0 fully saturated rings. The van der Waals surface area contributed by atoms with E-state index in [4.69, 9.17) is 9.47 Å². The van der Waals surface area contributed by atoms with Gasteiger partial charge < -0.3 is 9.47 Å². The Labute approximate surface area is 107 Å². The SMILES string of the molecule is COc1ccc(C(=O)CC(=O)C(C)C)c(OC)c1. The maximum atomic E-state index is 12.0. The van der Waals surface area contributed by atoms with Crippen molar-refractivity contribution in [1.29, 1.82) is 0 Å². The summed E-state index contributed by atoms with van der Waals surface area (Å²) >= 11 is 0. The third kappa shape index (κ3) is 3.32. The Bertz CT molecular complexity index is 449. The molecule has 0 spiro atoms. The Hall–Kier alpha value is -1.84. The van der Waals surface area contributed by atoms with Gasteiger partial charge in [0, 0.05) is 12.0 Å². The lowest BCUT2D eigenvalue weighted by molar-refractivity contribution is -0.121. The predicted octanol–water partition coefficient (Wildman–Crippen LogP) is 2.50. The zero-order valence-corrected chi connectivity index (χ0v) is 11.1. The maximum absolute atomic E-state index is 12.0. The van der Waals surface area contributed by atoms with Crippen molar-refractivity contribution >= 4 is 11.6 Å². The molecule has 0 heterocycles. The highest BCUT2D eigenvalue weighted by molar-refractivity contribution is 6.09. The van der Waals surface area contributed by atoms with Crippen LogP contribution >= 0.6 is 0 Å². The predicted molar refractivity (Wildman–Crippen MR) is 68.3 cm³/mol. The van der Waals surface area contributed by atoms with E-state index in [1.807, 2.05) is 0 Å². The fourth-order valence-corrected chi connectivity index (χ4v) is 1.49. The Balaban J connectivity index is 2.95. The van der Waals surface area contributed by atoms with Crippen LogP contribution in [-0.4, -0.2) is 25.8 Å². The number of carbonyl (C=O) groups is 2. The number of methoxy groups -OCH3 is 2. The molecular weight excluding hydrogens is 232 g/mol. The van der Waals surface area contributed by atoms with Gasteiger partial charge in [-0.25, -0.2) is 0 Å². The lowest BCUT2D eigenvalue weighted by Gasteiger charge is -2.10. The van der Waals surface area contributed by atoms with E-state index in [9.17, 15) is 9.59 Å². The molecule has 0 bridgehead atoms. The maximum Gasteiger partial charge on any atom is 0.173 e. The molecule has 1 aromatic carbocycles. The first kappa shape index (κ1) is 14.2. The van der Waals surface area contributed by atoms with Gasteiger partial charge in [-0.15, -0.1) is 0 Å². The number of hydrogen-bond acceptors (Lipinski definition) is 4. The van der Waals surface area contributed by atoms with Crippen LogP contribution in [0.1, 0.15) is 30.6 Å². The number of ether oxygens (including phenoxy) is 2. The number of rotatable bonds is 6. The van der Waals surface area contributed by atoms with Crippen LogP contribution in [0.3, 0.4) is 0 Å². The number of hydrogen-bond donors (Lipinski definition) is 0. The second-order valence-corrected chi connectivity index (χ2v) is 4.29. The summed E-state index contributed by atoms with van der Waals surface area (Å²) in [6, 6.07) is 4.93. The van der Waals surface area contributed by atoms with Crippen molar-refractivity contribution in [3.8, 4) is 11.5 Å². The highest BCUT2D eigenvalue weighted by Crippen LogP contribution is 2.25. The van der Waals surface area contributed by atoms with Gasteiger partial charge in [0.05, 0.1) is 26.2 Å². The van der Waals surface area contributed by atoms with Crippen LogP contribution in [-0.2, 0) is 4.79 Å². The molecule has 1 rings (SSSR count). The summed E-state index contributed by atoms with van der Waals surface area (Å²) in [5.41, 5.74) is 0.410. The lowest BCUT2D eigenvalue weighted by Crippen LogP contribution is -2.14. The van der Waals surface area contributed by atoms with Gasteiger partial charge in [-0.05, 0) is 12.1 Å².